The van der Waals surface area contributed by atoms with Gasteiger partial charge in [0.05, 0.1) is 0 Å². The van der Waals surface area contributed by atoms with E-state index in [0.717, 1.165) is 25.9 Å². The minimum absolute atomic E-state index is 0.497. The number of nitrogens with zero attached hydrogens (tertiary/aromatic N) is 1. The van der Waals surface area contributed by atoms with Crippen LogP contribution < -0.4 is 0 Å². The average molecular weight is 207 g/mol. The van der Waals surface area contributed by atoms with Crippen molar-refractivity contribution in [3.8, 4) is 0 Å². The summed E-state index contributed by atoms with van der Waals surface area (Å²) in [5.74, 6) is 0. The molecule has 0 amide bonds. The number of hydrogen-bond donors (Lipinski definition) is 2. The van der Waals surface area contributed by atoms with Gasteiger partial charge in [0.15, 0.2) is 0 Å². The lowest BCUT2D eigenvalue weighted by Gasteiger charge is -2.38. The van der Waals surface area contributed by atoms with Crippen molar-refractivity contribution in [3.63, 3.8) is 0 Å². The zero-order chi connectivity index (χ0) is 10.1. The van der Waals surface area contributed by atoms with Gasteiger partial charge in [-0.05, 0) is 39.3 Å². The van der Waals surface area contributed by atoms with Gasteiger partial charge >= 0.3 is 7.60 Å². The average Bonchev–Trinajstić information content (AvgIpc) is 2.52. The number of likely N-dealkylation sites (tertiary alicyclic amines) is 1. The number of rotatable bonds is 3. The van der Waals surface area contributed by atoms with E-state index in [9.17, 15) is 14.4 Å². The molecule has 0 aromatic rings. The maximum absolute atomic E-state index is 11.3. The maximum atomic E-state index is 11.3. The van der Waals surface area contributed by atoms with Crippen LogP contribution in [0.25, 0.3) is 0 Å². The first kappa shape index (κ1) is 11.2. The first-order chi connectivity index (χ1) is 5.92. The Hall–Kier alpha value is 0.110. The normalized spacial score (nSPS) is 24.6. The largest absolute Gasteiger partial charge is 0.345 e. The molecule has 0 aromatic carbocycles. The van der Waals surface area contributed by atoms with E-state index in [1.165, 1.54) is 0 Å². The third-order valence-corrected chi connectivity index (χ3v) is 4.94. The van der Waals surface area contributed by atoms with E-state index in [4.69, 9.17) is 0 Å². The van der Waals surface area contributed by atoms with E-state index in [2.05, 4.69) is 0 Å². The third-order valence-electron chi connectivity index (χ3n) is 3.08. The van der Waals surface area contributed by atoms with E-state index < -0.39 is 12.9 Å². The van der Waals surface area contributed by atoms with Crippen molar-refractivity contribution in [2.45, 2.75) is 38.4 Å². The lowest BCUT2D eigenvalue weighted by atomic mass is 10.2. The Balaban J connectivity index is 2.85. The summed E-state index contributed by atoms with van der Waals surface area (Å²) in [6.45, 7) is 5.13. The Kier molecular flexibility index (Phi) is 3.18. The predicted molar refractivity (Wildman–Crippen MR) is 51.5 cm³/mol. The molecule has 0 aromatic heterocycles. The Morgan fingerprint density at radius 3 is 2.15 bits per heavy atom. The standard InChI is InChI=1S/C8H18NO3P/c1-3-8(2,13(10,11)12)9-6-4-5-7-9/h3-7H2,1-2H3,(H2,10,11,12). The minimum atomic E-state index is -4.01. The molecule has 2 N–H and O–H groups in total. The van der Waals surface area contributed by atoms with Crippen LogP contribution in [0, 0.1) is 0 Å². The summed E-state index contributed by atoms with van der Waals surface area (Å²) in [5.41, 5.74) is 0. The molecular formula is C8H18NO3P. The molecule has 0 radical (unpaired) electrons. The summed E-state index contributed by atoms with van der Waals surface area (Å²) in [6.07, 6.45) is 2.60. The molecule has 0 aliphatic carbocycles. The first-order valence-corrected chi connectivity index (χ1v) is 6.34. The Bertz CT molecular complexity index is 221. The van der Waals surface area contributed by atoms with Crippen molar-refractivity contribution < 1.29 is 14.4 Å². The van der Waals surface area contributed by atoms with Crippen LogP contribution in [-0.4, -0.2) is 33.1 Å². The van der Waals surface area contributed by atoms with Crippen LogP contribution in [0.4, 0.5) is 0 Å². The lowest BCUT2D eigenvalue weighted by Crippen LogP contribution is -2.43. The molecule has 1 unspecified atom stereocenters. The van der Waals surface area contributed by atoms with Gasteiger partial charge in [0.1, 0.15) is 5.28 Å². The maximum Gasteiger partial charge on any atom is 0.345 e. The van der Waals surface area contributed by atoms with Gasteiger partial charge in [-0.2, -0.15) is 0 Å². The van der Waals surface area contributed by atoms with E-state index in [1.54, 1.807) is 6.92 Å². The summed E-state index contributed by atoms with van der Waals surface area (Å²) < 4.78 is 11.3. The quantitative estimate of drug-likeness (QED) is 0.686. The predicted octanol–water partition coefficient (Wildman–Crippen LogP) is 1.39. The fourth-order valence-electron chi connectivity index (χ4n) is 1.81. The van der Waals surface area contributed by atoms with Gasteiger partial charge in [0.2, 0.25) is 0 Å². The van der Waals surface area contributed by atoms with E-state index in [1.807, 2.05) is 11.8 Å². The highest BCUT2D eigenvalue weighted by atomic mass is 31.2. The molecule has 1 aliphatic rings. The molecule has 1 heterocycles. The first-order valence-electron chi connectivity index (χ1n) is 4.72. The summed E-state index contributed by atoms with van der Waals surface area (Å²) >= 11 is 0. The Morgan fingerprint density at radius 1 is 1.38 bits per heavy atom. The molecule has 1 rings (SSSR count). The van der Waals surface area contributed by atoms with Crippen molar-refractivity contribution >= 4 is 7.60 Å². The molecular weight excluding hydrogens is 189 g/mol. The third kappa shape index (κ3) is 1.96. The molecule has 1 fully saturated rings. The van der Waals surface area contributed by atoms with Crippen molar-refractivity contribution in [1.82, 2.24) is 4.90 Å². The van der Waals surface area contributed by atoms with Crippen LogP contribution in [0.15, 0.2) is 0 Å². The zero-order valence-electron chi connectivity index (χ0n) is 8.23. The van der Waals surface area contributed by atoms with Crippen molar-refractivity contribution in [1.29, 1.82) is 0 Å². The summed E-state index contributed by atoms with van der Waals surface area (Å²) in [5, 5.41) is -0.941. The smallest absolute Gasteiger partial charge is 0.323 e. The highest BCUT2D eigenvalue weighted by molar-refractivity contribution is 7.53. The SMILES string of the molecule is CCC(C)(N1CCCC1)P(=O)(O)O. The van der Waals surface area contributed by atoms with Crippen LogP contribution in [0.1, 0.15) is 33.1 Å². The van der Waals surface area contributed by atoms with E-state index >= 15 is 0 Å². The van der Waals surface area contributed by atoms with E-state index in [0.29, 0.717) is 6.42 Å². The van der Waals surface area contributed by atoms with Crippen LogP contribution in [0.3, 0.4) is 0 Å². The van der Waals surface area contributed by atoms with Crippen LogP contribution in [0.2, 0.25) is 0 Å². The second-order valence-corrected chi connectivity index (χ2v) is 5.86. The van der Waals surface area contributed by atoms with Gasteiger partial charge in [-0.25, -0.2) is 0 Å². The molecule has 13 heavy (non-hydrogen) atoms. The van der Waals surface area contributed by atoms with Gasteiger partial charge in [-0.1, -0.05) is 6.92 Å². The van der Waals surface area contributed by atoms with Crippen molar-refractivity contribution in [2.24, 2.45) is 0 Å². The monoisotopic (exact) mass is 207 g/mol. The molecule has 1 saturated heterocycles. The molecule has 4 nitrogen and oxygen atoms in total. The second-order valence-electron chi connectivity index (χ2n) is 3.81. The van der Waals surface area contributed by atoms with Crippen molar-refractivity contribution in [2.75, 3.05) is 13.1 Å². The van der Waals surface area contributed by atoms with Gasteiger partial charge in [-0.15, -0.1) is 0 Å². The topological polar surface area (TPSA) is 60.8 Å². The summed E-state index contributed by atoms with van der Waals surface area (Å²) in [7, 11) is -4.01. The minimum Gasteiger partial charge on any atom is -0.323 e. The molecule has 1 atom stereocenters. The van der Waals surface area contributed by atoms with Crippen molar-refractivity contribution in [3.05, 3.63) is 0 Å². The summed E-state index contributed by atoms with van der Waals surface area (Å²) in [4.78, 5) is 20.5. The molecule has 78 valence electrons. The molecule has 0 bridgehead atoms. The zero-order valence-corrected chi connectivity index (χ0v) is 9.13. The van der Waals surface area contributed by atoms with Crippen LogP contribution in [0.5, 0.6) is 0 Å². The second kappa shape index (κ2) is 3.70. The van der Waals surface area contributed by atoms with Gasteiger partial charge in [0.25, 0.3) is 0 Å². The van der Waals surface area contributed by atoms with Gasteiger partial charge in [0, 0.05) is 0 Å². The van der Waals surface area contributed by atoms with Gasteiger partial charge in [-0.3, -0.25) is 9.46 Å². The number of hydrogen-bond acceptors (Lipinski definition) is 2. The highest BCUT2D eigenvalue weighted by Gasteiger charge is 2.46. The fourth-order valence-corrected chi connectivity index (χ4v) is 2.79. The molecule has 0 saturated carbocycles. The fraction of sp³-hybridized carbons (Fsp3) is 1.00. The Labute approximate surface area is 79.1 Å². The molecule has 1 aliphatic heterocycles. The van der Waals surface area contributed by atoms with E-state index in [-0.39, 0.29) is 0 Å². The Morgan fingerprint density at radius 2 is 1.85 bits per heavy atom. The van der Waals surface area contributed by atoms with Gasteiger partial charge < -0.3 is 9.79 Å². The van der Waals surface area contributed by atoms with Crippen LogP contribution in [-0.2, 0) is 4.57 Å². The lowest BCUT2D eigenvalue weighted by molar-refractivity contribution is 0.167. The molecule has 5 heteroatoms. The van der Waals surface area contributed by atoms with Crippen LogP contribution >= 0.6 is 7.60 Å². The highest BCUT2D eigenvalue weighted by Crippen LogP contribution is 2.54. The molecule has 0 spiro atoms. The summed E-state index contributed by atoms with van der Waals surface area (Å²) in [6, 6.07) is 0.